The van der Waals surface area contributed by atoms with Crippen LogP contribution in [0.1, 0.15) is 17.8 Å². The fraction of sp³-hybridized carbons (Fsp3) is 0.375. The smallest absolute Gasteiger partial charge is 0.461 e. The lowest BCUT2D eigenvalue weighted by atomic mass is 10.2. The second-order valence-electron chi connectivity index (χ2n) is 5.74. The zero-order valence-corrected chi connectivity index (χ0v) is 15.8. The third-order valence-electron chi connectivity index (χ3n) is 3.54. The normalized spacial score (nSPS) is 12.0. The quantitative estimate of drug-likeness (QED) is 0.655. The molecule has 0 bridgehead atoms. The first-order valence-corrected chi connectivity index (χ1v) is 9.44. The first kappa shape index (κ1) is 21.7. The zero-order valence-electron chi connectivity index (χ0n) is 15.0. The van der Waals surface area contributed by atoms with E-state index in [2.05, 4.69) is 14.4 Å². The fourth-order valence-electron chi connectivity index (χ4n) is 2.04. The highest BCUT2D eigenvalue weighted by Gasteiger charge is 2.30. The van der Waals surface area contributed by atoms with Crippen LogP contribution in [0.15, 0.2) is 35.5 Å². The van der Waals surface area contributed by atoms with Crippen molar-refractivity contribution >= 4 is 16.0 Å². The molecule has 28 heavy (non-hydrogen) atoms. The molecule has 0 unspecified atom stereocenters. The fourth-order valence-corrected chi connectivity index (χ4v) is 3.11. The number of nitrogens with zero attached hydrogens (tertiary/aromatic N) is 2. The first-order chi connectivity index (χ1) is 13.0. The topological polar surface area (TPSA) is 99.5 Å². The number of aryl methyl sites for hydroxylation is 2. The Hall–Kier alpha value is -2.60. The summed E-state index contributed by atoms with van der Waals surface area (Å²) in [6.45, 7) is 1.30. The molecule has 0 fully saturated rings. The van der Waals surface area contributed by atoms with Crippen LogP contribution in [0, 0.1) is 6.92 Å². The molecule has 0 aliphatic heterocycles. The molecule has 0 aliphatic rings. The van der Waals surface area contributed by atoms with Crippen LogP contribution < -0.4 is 9.46 Å². The van der Waals surface area contributed by atoms with Crippen LogP contribution in [-0.4, -0.2) is 36.8 Å². The van der Waals surface area contributed by atoms with Gasteiger partial charge in [0.15, 0.2) is 5.03 Å². The summed E-state index contributed by atoms with van der Waals surface area (Å²) in [4.78, 5) is 15.6. The molecule has 0 atom stereocenters. The van der Waals surface area contributed by atoms with Gasteiger partial charge in [-0.3, -0.25) is 4.79 Å². The summed E-state index contributed by atoms with van der Waals surface area (Å²) in [5.74, 6) is -0.538. The highest BCUT2D eigenvalue weighted by molar-refractivity contribution is 7.89. The SMILES string of the molecule is Cc1nc(S(=O)(=O)NCCC(=O)OCc2ccc(OC(F)(F)F)cc2)cn1C. The molecule has 1 aromatic carbocycles. The van der Waals surface area contributed by atoms with E-state index in [1.807, 2.05) is 0 Å². The van der Waals surface area contributed by atoms with E-state index >= 15 is 0 Å². The van der Waals surface area contributed by atoms with Gasteiger partial charge in [0.2, 0.25) is 0 Å². The maximum Gasteiger partial charge on any atom is 0.573 e. The Labute approximate surface area is 159 Å². The largest absolute Gasteiger partial charge is 0.573 e. The van der Waals surface area contributed by atoms with Gasteiger partial charge in [-0.05, 0) is 24.6 Å². The number of imidazole rings is 1. The van der Waals surface area contributed by atoms with Gasteiger partial charge < -0.3 is 14.0 Å². The number of hydrogen-bond donors (Lipinski definition) is 1. The van der Waals surface area contributed by atoms with E-state index in [0.29, 0.717) is 11.4 Å². The molecule has 8 nitrogen and oxygen atoms in total. The summed E-state index contributed by atoms with van der Waals surface area (Å²) in [6, 6.07) is 4.83. The number of rotatable bonds is 8. The van der Waals surface area contributed by atoms with E-state index in [9.17, 15) is 26.4 Å². The first-order valence-electron chi connectivity index (χ1n) is 7.96. The lowest BCUT2D eigenvalue weighted by Gasteiger charge is -2.09. The molecule has 1 heterocycles. The van der Waals surface area contributed by atoms with Crippen molar-refractivity contribution in [2.75, 3.05) is 6.54 Å². The number of alkyl halides is 3. The van der Waals surface area contributed by atoms with E-state index in [4.69, 9.17) is 4.74 Å². The minimum Gasteiger partial charge on any atom is -0.461 e. The average molecular weight is 421 g/mol. The van der Waals surface area contributed by atoms with Crippen LogP contribution in [0.4, 0.5) is 13.2 Å². The molecule has 1 N–H and O–H groups in total. The van der Waals surface area contributed by atoms with Gasteiger partial charge in [0.1, 0.15) is 18.2 Å². The van der Waals surface area contributed by atoms with Crippen LogP contribution in [0.5, 0.6) is 5.75 Å². The Balaban J connectivity index is 1.77. The van der Waals surface area contributed by atoms with Gasteiger partial charge >= 0.3 is 12.3 Å². The summed E-state index contributed by atoms with van der Waals surface area (Å²) in [6.07, 6.45) is -3.66. The predicted molar refractivity (Wildman–Crippen MR) is 90.7 cm³/mol. The zero-order chi connectivity index (χ0) is 20.9. The van der Waals surface area contributed by atoms with Crippen molar-refractivity contribution in [3.8, 4) is 5.75 Å². The van der Waals surface area contributed by atoms with Crippen LogP contribution >= 0.6 is 0 Å². The Morgan fingerprint density at radius 3 is 2.43 bits per heavy atom. The molecule has 2 aromatic rings. The maximum absolute atomic E-state index is 12.1. The minimum absolute atomic E-state index is 0.151. The number of carbonyl (C=O) groups excluding carboxylic acids is 1. The minimum atomic E-state index is -4.78. The molecule has 2 rings (SSSR count). The number of ether oxygens (including phenoxy) is 2. The van der Waals surface area contributed by atoms with Crippen molar-refractivity contribution in [3.05, 3.63) is 41.9 Å². The molecule has 12 heteroatoms. The van der Waals surface area contributed by atoms with Gasteiger partial charge in [-0.2, -0.15) is 0 Å². The second-order valence-corrected chi connectivity index (χ2v) is 7.45. The molecule has 0 saturated heterocycles. The van der Waals surface area contributed by atoms with Gasteiger partial charge in [-0.1, -0.05) is 12.1 Å². The molecule has 0 radical (unpaired) electrons. The Bertz CT molecular complexity index is 904. The van der Waals surface area contributed by atoms with Gasteiger partial charge in [0.05, 0.1) is 6.42 Å². The van der Waals surface area contributed by atoms with Crippen LogP contribution in [0.25, 0.3) is 0 Å². The number of sulfonamides is 1. The lowest BCUT2D eigenvalue weighted by molar-refractivity contribution is -0.274. The van der Waals surface area contributed by atoms with Crippen LogP contribution in [0.3, 0.4) is 0 Å². The number of benzene rings is 1. The second kappa shape index (κ2) is 8.61. The average Bonchev–Trinajstić information content (AvgIpc) is 2.93. The highest BCUT2D eigenvalue weighted by atomic mass is 32.2. The van der Waals surface area contributed by atoms with Crippen molar-refractivity contribution in [3.63, 3.8) is 0 Å². The molecule has 0 amide bonds. The number of carbonyl (C=O) groups is 1. The van der Waals surface area contributed by atoms with E-state index in [1.54, 1.807) is 18.5 Å². The van der Waals surface area contributed by atoms with E-state index in [1.165, 1.54) is 18.3 Å². The summed E-state index contributed by atoms with van der Waals surface area (Å²) in [7, 11) is -2.19. The third kappa shape index (κ3) is 6.53. The summed E-state index contributed by atoms with van der Waals surface area (Å²) in [5, 5.41) is -0.151. The van der Waals surface area contributed by atoms with Gasteiger partial charge in [0.25, 0.3) is 10.0 Å². The summed E-state index contributed by atoms with van der Waals surface area (Å²) >= 11 is 0. The summed E-state index contributed by atoms with van der Waals surface area (Å²) in [5.41, 5.74) is 0.451. The van der Waals surface area contributed by atoms with Gasteiger partial charge in [-0.25, -0.2) is 18.1 Å². The molecule has 154 valence electrons. The molecular formula is C16H18F3N3O5S. The summed E-state index contributed by atoms with van der Waals surface area (Å²) < 4.78 is 72.8. The Kier molecular flexibility index (Phi) is 6.67. The van der Waals surface area contributed by atoms with Gasteiger partial charge in [-0.15, -0.1) is 13.2 Å². The van der Waals surface area contributed by atoms with Crippen molar-refractivity contribution in [2.24, 2.45) is 7.05 Å². The van der Waals surface area contributed by atoms with Crippen LogP contribution in [-0.2, 0) is 33.2 Å². The molecule has 0 saturated carbocycles. The van der Waals surface area contributed by atoms with Gasteiger partial charge in [0, 0.05) is 19.8 Å². The number of halogens is 3. The third-order valence-corrected chi connectivity index (χ3v) is 4.87. The van der Waals surface area contributed by atoms with Crippen molar-refractivity contribution in [1.29, 1.82) is 0 Å². The van der Waals surface area contributed by atoms with Crippen molar-refractivity contribution in [1.82, 2.24) is 14.3 Å². The number of nitrogens with one attached hydrogen (secondary N) is 1. The maximum atomic E-state index is 12.1. The molecule has 0 spiro atoms. The number of esters is 1. The number of aromatic nitrogens is 2. The van der Waals surface area contributed by atoms with Crippen LogP contribution in [0.2, 0.25) is 0 Å². The standard InChI is InChI=1S/C16H18F3N3O5S/c1-11-21-14(9-22(11)2)28(24,25)20-8-7-15(23)26-10-12-3-5-13(6-4-12)27-16(17,18)19/h3-6,9,20H,7-8,10H2,1-2H3. The van der Waals surface area contributed by atoms with Crippen molar-refractivity contribution < 1.29 is 35.9 Å². The molecule has 0 aliphatic carbocycles. The lowest BCUT2D eigenvalue weighted by Crippen LogP contribution is -2.27. The Morgan fingerprint density at radius 1 is 1.25 bits per heavy atom. The number of hydrogen-bond acceptors (Lipinski definition) is 6. The van der Waals surface area contributed by atoms with E-state index < -0.39 is 22.4 Å². The van der Waals surface area contributed by atoms with E-state index in [-0.39, 0.29) is 30.3 Å². The van der Waals surface area contributed by atoms with E-state index in [0.717, 1.165) is 12.1 Å². The molecular weight excluding hydrogens is 403 g/mol. The van der Waals surface area contributed by atoms with Crippen molar-refractivity contribution in [2.45, 2.75) is 31.3 Å². The molecule has 1 aromatic heterocycles. The monoisotopic (exact) mass is 421 g/mol. The predicted octanol–water partition coefficient (Wildman–Crippen LogP) is 2.04. The Morgan fingerprint density at radius 2 is 1.89 bits per heavy atom. The highest BCUT2D eigenvalue weighted by Crippen LogP contribution is 2.22.